The van der Waals surface area contributed by atoms with E-state index in [0.717, 1.165) is 37.4 Å². The van der Waals surface area contributed by atoms with Crippen LogP contribution in [0.3, 0.4) is 0 Å². The number of nitrogens with one attached hydrogen (secondary N) is 1. The first-order valence-electron chi connectivity index (χ1n) is 9.06. The normalized spacial score (nSPS) is 25.4. The van der Waals surface area contributed by atoms with Gasteiger partial charge >= 0.3 is 0 Å². The number of guanidine groups is 1. The molecule has 24 heavy (non-hydrogen) atoms. The zero-order chi connectivity index (χ0) is 16.8. The Kier molecular flexibility index (Phi) is 6.44. The predicted molar refractivity (Wildman–Crippen MR) is 104 cm³/mol. The number of thioether (sulfide) groups is 1. The molecule has 0 bridgehead atoms. The molecule has 2 aliphatic heterocycles. The van der Waals surface area contributed by atoms with Crippen molar-refractivity contribution in [3.8, 4) is 0 Å². The number of nitrogens with zero attached hydrogens (tertiary/aromatic N) is 3. The molecule has 1 N–H and O–H groups in total. The molecule has 2 saturated heterocycles. The minimum atomic E-state index is 0.756. The number of hydrogen-bond donors (Lipinski definition) is 1. The van der Waals surface area contributed by atoms with Gasteiger partial charge in [0.25, 0.3) is 0 Å². The van der Waals surface area contributed by atoms with E-state index in [-0.39, 0.29) is 0 Å². The molecule has 1 aromatic carbocycles. The van der Waals surface area contributed by atoms with Crippen LogP contribution in [-0.4, -0.2) is 68.3 Å². The molecule has 3 rings (SSSR count). The summed E-state index contributed by atoms with van der Waals surface area (Å²) in [5, 5.41) is 3.61. The first-order chi connectivity index (χ1) is 11.7. The van der Waals surface area contributed by atoms with Gasteiger partial charge in [0, 0.05) is 43.9 Å². The minimum Gasteiger partial charge on any atom is -0.356 e. The second-order valence-electron chi connectivity index (χ2n) is 7.07. The molecule has 2 fully saturated rings. The van der Waals surface area contributed by atoms with Crippen LogP contribution in [0.2, 0.25) is 0 Å². The van der Waals surface area contributed by atoms with E-state index < -0.39 is 0 Å². The highest BCUT2D eigenvalue weighted by molar-refractivity contribution is 7.99. The molecule has 5 heteroatoms. The first kappa shape index (κ1) is 17.6. The largest absolute Gasteiger partial charge is 0.356 e. The third-order valence-corrected chi connectivity index (χ3v) is 6.31. The molecule has 4 nitrogen and oxygen atoms in total. The smallest absolute Gasteiger partial charge is 0.193 e. The van der Waals surface area contributed by atoms with Gasteiger partial charge in [-0.05, 0) is 50.4 Å². The van der Waals surface area contributed by atoms with Crippen LogP contribution in [0.15, 0.2) is 40.2 Å². The molecule has 2 unspecified atom stereocenters. The average molecular weight is 347 g/mol. The molecule has 132 valence electrons. The van der Waals surface area contributed by atoms with Crippen LogP contribution in [0, 0.1) is 11.8 Å². The lowest BCUT2D eigenvalue weighted by molar-refractivity contribution is 0.390. The van der Waals surface area contributed by atoms with Gasteiger partial charge in [-0.1, -0.05) is 18.2 Å². The fourth-order valence-corrected chi connectivity index (χ4v) is 4.70. The van der Waals surface area contributed by atoms with E-state index in [1.807, 2.05) is 18.8 Å². The summed E-state index contributed by atoms with van der Waals surface area (Å²) in [5.41, 5.74) is 0. The van der Waals surface area contributed by atoms with E-state index in [9.17, 15) is 0 Å². The van der Waals surface area contributed by atoms with Crippen molar-refractivity contribution in [1.29, 1.82) is 0 Å². The summed E-state index contributed by atoms with van der Waals surface area (Å²) in [7, 11) is 4.12. The lowest BCUT2D eigenvalue weighted by atomic mass is 10.1. The van der Waals surface area contributed by atoms with Gasteiger partial charge in [-0.2, -0.15) is 0 Å². The lowest BCUT2D eigenvalue weighted by Gasteiger charge is -2.23. The van der Waals surface area contributed by atoms with E-state index in [1.165, 1.54) is 36.6 Å². The molecule has 1 aromatic rings. The number of hydrogen-bond acceptors (Lipinski definition) is 3. The van der Waals surface area contributed by atoms with Gasteiger partial charge in [-0.15, -0.1) is 11.8 Å². The van der Waals surface area contributed by atoms with Crippen LogP contribution in [0.1, 0.15) is 12.8 Å². The summed E-state index contributed by atoms with van der Waals surface area (Å²) in [6.45, 7) is 5.75. The average Bonchev–Trinajstić information content (AvgIpc) is 3.24. The monoisotopic (exact) mass is 346 g/mol. The Balaban J connectivity index is 1.41. The van der Waals surface area contributed by atoms with Crippen LogP contribution in [0.4, 0.5) is 0 Å². The Morgan fingerprint density at radius 3 is 2.67 bits per heavy atom. The zero-order valence-corrected chi connectivity index (χ0v) is 15.8. The molecular weight excluding hydrogens is 316 g/mol. The van der Waals surface area contributed by atoms with Crippen molar-refractivity contribution in [2.24, 2.45) is 16.8 Å². The maximum atomic E-state index is 4.51. The fourth-order valence-electron chi connectivity index (χ4n) is 3.65. The first-order valence-corrected chi connectivity index (χ1v) is 10.0. The maximum absolute atomic E-state index is 4.51. The Labute approximate surface area is 150 Å². The molecule has 0 spiro atoms. The topological polar surface area (TPSA) is 30.9 Å². The summed E-state index contributed by atoms with van der Waals surface area (Å²) in [4.78, 5) is 10.8. The molecule has 2 heterocycles. The SMILES string of the molecule is CN=C(NCC1CCN(C)C1)N1CCC(CSc2ccccc2)C1. The second kappa shape index (κ2) is 8.77. The van der Waals surface area contributed by atoms with Crippen molar-refractivity contribution in [3.63, 3.8) is 0 Å². The van der Waals surface area contributed by atoms with Gasteiger partial charge in [-0.25, -0.2) is 0 Å². The van der Waals surface area contributed by atoms with Gasteiger partial charge in [0.15, 0.2) is 5.96 Å². The van der Waals surface area contributed by atoms with Crippen LogP contribution in [0.25, 0.3) is 0 Å². The van der Waals surface area contributed by atoms with Crippen molar-refractivity contribution in [3.05, 3.63) is 30.3 Å². The van der Waals surface area contributed by atoms with Crippen LogP contribution in [-0.2, 0) is 0 Å². The Morgan fingerprint density at radius 1 is 1.17 bits per heavy atom. The Morgan fingerprint density at radius 2 is 1.96 bits per heavy atom. The number of likely N-dealkylation sites (tertiary alicyclic amines) is 2. The van der Waals surface area contributed by atoms with Crippen LogP contribution < -0.4 is 5.32 Å². The summed E-state index contributed by atoms with van der Waals surface area (Å²) in [6.07, 6.45) is 2.57. The fraction of sp³-hybridized carbons (Fsp3) is 0.632. The third-order valence-electron chi connectivity index (χ3n) is 5.06. The quantitative estimate of drug-likeness (QED) is 0.504. The van der Waals surface area contributed by atoms with Crippen molar-refractivity contribution < 1.29 is 0 Å². The van der Waals surface area contributed by atoms with Crippen molar-refractivity contribution in [1.82, 2.24) is 15.1 Å². The lowest BCUT2D eigenvalue weighted by Crippen LogP contribution is -2.42. The minimum absolute atomic E-state index is 0.756. The molecule has 0 radical (unpaired) electrons. The number of aliphatic imine (C=N–C) groups is 1. The summed E-state index contributed by atoms with van der Waals surface area (Å²) >= 11 is 1.98. The van der Waals surface area contributed by atoms with Crippen LogP contribution in [0.5, 0.6) is 0 Å². The van der Waals surface area contributed by atoms with Gasteiger partial charge < -0.3 is 15.1 Å². The van der Waals surface area contributed by atoms with Crippen LogP contribution >= 0.6 is 11.8 Å². The Hall–Kier alpha value is -1.20. The summed E-state index contributed by atoms with van der Waals surface area (Å²) < 4.78 is 0. The van der Waals surface area contributed by atoms with E-state index >= 15 is 0 Å². The van der Waals surface area contributed by atoms with E-state index in [0.29, 0.717) is 0 Å². The second-order valence-corrected chi connectivity index (χ2v) is 8.16. The van der Waals surface area contributed by atoms with Gasteiger partial charge in [0.2, 0.25) is 0 Å². The molecule has 0 saturated carbocycles. The van der Waals surface area contributed by atoms with E-state index in [1.54, 1.807) is 0 Å². The molecular formula is C19H30N4S. The molecule has 0 aromatic heterocycles. The van der Waals surface area contributed by atoms with E-state index in [4.69, 9.17) is 0 Å². The third kappa shape index (κ3) is 4.90. The highest BCUT2D eigenvalue weighted by Gasteiger charge is 2.26. The highest BCUT2D eigenvalue weighted by Crippen LogP contribution is 2.26. The van der Waals surface area contributed by atoms with E-state index in [2.05, 4.69) is 57.5 Å². The van der Waals surface area contributed by atoms with Gasteiger partial charge in [0.1, 0.15) is 0 Å². The van der Waals surface area contributed by atoms with Crippen molar-refractivity contribution >= 4 is 17.7 Å². The summed E-state index contributed by atoms with van der Waals surface area (Å²) in [5.74, 6) is 3.81. The molecule has 2 aliphatic rings. The molecule has 2 atom stereocenters. The summed E-state index contributed by atoms with van der Waals surface area (Å²) in [6, 6.07) is 10.7. The van der Waals surface area contributed by atoms with Gasteiger partial charge in [-0.3, -0.25) is 4.99 Å². The standard InChI is InChI=1S/C19H30N4S/c1-20-19(21-12-16-8-10-22(2)13-16)23-11-9-17(14-23)15-24-18-6-4-3-5-7-18/h3-7,16-17H,8-15H2,1-2H3,(H,20,21). The molecule has 0 amide bonds. The predicted octanol–water partition coefficient (Wildman–Crippen LogP) is 2.63. The number of rotatable bonds is 5. The van der Waals surface area contributed by atoms with Crippen molar-refractivity contribution in [2.75, 3.05) is 52.6 Å². The zero-order valence-electron chi connectivity index (χ0n) is 14.9. The van der Waals surface area contributed by atoms with Crippen molar-refractivity contribution in [2.45, 2.75) is 17.7 Å². The maximum Gasteiger partial charge on any atom is 0.193 e. The number of benzene rings is 1. The van der Waals surface area contributed by atoms with Gasteiger partial charge in [0.05, 0.1) is 0 Å². The Bertz CT molecular complexity index is 533. The highest BCUT2D eigenvalue weighted by atomic mass is 32.2. The molecule has 0 aliphatic carbocycles.